The van der Waals surface area contributed by atoms with Gasteiger partial charge >= 0.3 is 0 Å². The highest BCUT2D eigenvalue weighted by Gasteiger charge is 2.24. The molecule has 1 unspecified atom stereocenters. The van der Waals surface area contributed by atoms with E-state index in [0.717, 1.165) is 32.0 Å². The highest BCUT2D eigenvalue weighted by atomic mass is 19.1. The predicted molar refractivity (Wildman–Crippen MR) is 84.2 cm³/mol. The van der Waals surface area contributed by atoms with E-state index in [1.807, 2.05) is 13.0 Å². The van der Waals surface area contributed by atoms with E-state index >= 15 is 0 Å². The van der Waals surface area contributed by atoms with Crippen molar-refractivity contribution in [1.29, 1.82) is 0 Å². The molecule has 21 heavy (non-hydrogen) atoms. The quantitative estimate of drug-likeness (QED) is 0.757. The van der Waals surface area contributed by atoms with Gasteiger partial charge in [-0.2, -0.15) is 0 Å². The summed E-state index contributed by atoms with van der Waals surface area (Å²) in [7, 11) is 3.75. The lowest BCUT2D eigenvalue weighted by Gasteiger charge is -2.24. The molecule has 1 atom stereocenters. The standard InChI is InChI=1S/C17H27FN2O/c1-4-19-15(10-11-20(2)12-13-8-9-13)17-14(18)6-5-7-16(17)21-3/h5-7,13,15,19H,4,8-12H2,1-3H3. The Balaban J connectivity index is 2.03. The third-order valence-corrected chi connectivity index (χ3v) is 4.10. The van der Waals surface area contributed by atoms with Crippen LogP contribution in [0.25, 0.3) is 0 Å². The minimum Gasteiger partial charge on any atom is -0.496 e. The number of ether oxygens (including phenoxy) is 1. The molecule has 4 heteroatoms. The van der Waals surface area contributed by atoms with E-state index in [-0.39, 0.29) is 11.9 Å². The molecule has 0 radical (unpaired) electrons. The molecule has 1 N–H and O–H groups in total. The molecule has 2 rings (SSSR count). The molecule has 1 aromatic carbocycles. The Morgan fingerprint density at radius 3 is 2.81 bits per heavy atom. The highest BCUT2D eigenvalue weighted by Crippen LogP contribution is 2.31. The molecule has 0 aromatic heterocycles. The van der Waals surface area contributed by atoms with E-state index < -0.39 is 0 Å². The minimum absolute atomic E-state index is 0.00666. The van der Waals surface area contributed by atoms with Crippen molar-refractivity contribution >= 4 is 0 Å². The van der Waals surface area contributed by atoms with Gasteiger partial charge in [-0.1, -0.05) is 13.0 Å². The van der Waals surface area contributed by atoms with Gasteiger partial charge in [0.2, 0.25) is 0 Å². The summed E-state index contributed by atoms with van der Waals surface area (Å²) < 4.78 is 19.6. The zero-order valence-electron chi connectivity index (χ0n) is 13.4. The van der Waals surface area contributed by atoms with E-state index in [1.54, 1.807) is 13.2 Å². The number of hydrogen-bond donors (Lipinski definition) is 1. The normalized spacial score (nSPS) is 16.2. The second kappa shape index (κ2) is 7.76. The molecular weight excluding hydrogens is 267 g/mol. The Morgan fingerprint density at radius 1 is 1.43 bits per heavy atom. The van der Waals surface area contributed by atoms with E-state index in [4.69, 9.17) is 4.74 Å². The third kappa shape index (κ3) is 4.68. The largest absolute Gasteiger partial charge is 0.496 e. The number of benzene rings is 1. The van der Waals surface area contributed by atoms with Crippen molar-refractivity contribution in [1.82, 2.24) is 10.2 Å². The van der Waals surface area contributed by atoms with Crippen LogP contribution in [0.4, 0.5) is 4.39 Å². The van der Waals surface area contributed by atoms with Crippen LogP contribution >= 0.6 is 0 Å². The molecule has 0 amide bonds. The van der Waals surface area contributed by atoms with Gasteiger partial charge < -0.3 is 15.0 Å². The highest BCUT2D eigenvalue weighted by molar-refractivity contribution is 5.37. The SMILES string of the molecule is CCNC(CCN(C)CC1CC1)c1c(F)cccc1OC. The van der Waals surface area contributed by atoms with Crippen LogP contribution in [-0.4, -0.2) is 38.7 Å². The van der Waals surface area contributed by atoms with Gasteiger partial charge in [0.1, 0.15) is 11.6 Å². The van der Waals surface area contributed by atoms with Gasteiger partial charge in [-0.3, -0.25) is 0 Å². The fourth-order valence-corrected chi connectivity index (χ4v) is 2.81. The lowest BCUT2D eigenvalue weighted by Crippen LogP contribution is -2.29. The van der Waals surface area contributed by atoms with E-state index in [9.17, 15) is 4.39 Å². The molecule has 1 fully saturated rings. The van der Waals surface area contributed by atoms with Gasteiger partial charge in [0.15, 0.2) is 0 Å². The fourth-order valence-electron chi connectivity index (χ4n) is 2.81. The summed E-state index contributed by atoms with van der Waals surface area (Å²) in [5, 5.41) is 3.39. The first-order valence-electron chi connectivity index (χ1n) is 7.90. The molecule has 0 bridgehead atoms. The average Bonchev–Trinajstić information content (AvgIpc) is 3.27. The van der Waals surface area contributed by atoms with Crippen molar-refractivity contribution in [2.75, 3.05) is 33.8 Å². The van der Waals surface area contributed by atoms with E-state index in [1.165, 1.54) is 18.9 Å². The first kappa shape index (κ1) is 16.2. The molecule has 1 aliphatic carbocycles. The second-order valence-corrected chi connectivity index (χ2v) is 5.96. The maximum Gasteiger partial charge on any atom is 0.131 e. The average molecular weight is 294 g/mol. The Labute approximate surface area is 127 Å². The summed E-state index contributed by atoms with van der Waals surface area (Å²) in [4.78, 5) is 2.36. The predicted octanol–water partition coefficient (Wildman–Crippen LogP) is 3.22. The molecule has 0 aliphatic heterocycles. The minimum atomic E-state index is -0.190. The third-order valence-electron chi connectivity index (χ3n) is 4.10. The zero-order valence-corrected chi connectivity index (χ0v) is 13.4. The summed E-state index contributed by atoms with van der Waals surface area (Å²) in [5.41, 5.74) is 0.654. The summed E-state index contributed by atoms with van der Waals surface area (Å²) in [6.07, 6.45) is 3.61. The van der Waals surface area contributed by atoms with E-state index in [2.05, 4.69) is 17.3 Å². The number of halogens is 1. The number of hydrogen-bond acceptors (Lipinski definition) is 3. The monoisotopic (exact) mass is 294 g/mol. The Kier molecular flexibility index (Phi) is 6.00. The van der Waals surface area contributed by atoms with Crippen molar-refractivity contribution in [3.63, 3.8) is 0 Å². The summed E-state index contributed by atoms with van der Waals surface area (Å²) in [6, 6.07) is 5.03. The number of nitrogens with zero attached hydrogens (tertiary/aromatic N) is 1. The van der Waals surface area contributed by atoms with Crippen LogP contribution in [0.1, 0.15) is 37.8 Å². The molecule has 3 nitrogen and oxygen atoms in total. The first-order valence-corrected chi connectivity index (χ1v) is 7.90. The van der Waals surface area contributed by atoms with Crippen molar-refractivity contribution in [2.45, 2.75) is 32.2 Å². The van der Waals surface area contributed by atoms with Crippen molar-refractivity contribution in [3.8, 4) is 5.75 Å². The Morgan fingerprint density at radius 2 is 2.19 bits per heavy atom. The van der Waals surface area contributed by atoms with Gasteiger partial charge in [0.05, 0.1) is 7.11 Å². The van der Waals surface area contributed by atoms with Crippen molar-refractivity contribution in [3.05, 3.63) is 29.6 Å². The molecule has 0 spiro atoms. The van der Waals surface area contributed by atoms with Gasteiger partial charge in [-0.05, 0) is 57.5 Å². The molecular formula is C17H27FN2O. The molecule has 118 valence electrons. The summed E-state index contributed by atoms with van der Waals surface area (Å²) in [5.74, 6) is 1.33. The fraction of sp³-hybridized carbons (Fsp3) is 0.647. The Bertz CT molecular complexity index is 448. The smallest absolute Gasteiger partial charge is 0.131 e. The van der Waals surface area contributed by atoms with Crippen LogP contribution in [-0.2, 0) is 0 Å². The molecule has 0 heterocycles. The van der Waals surface area contributed by atoms with Crippen LogP contribution in [0.5, 0.6) is 5.75 Å². The molecule has 1 aliphatic rings. The Hall–Kier alpha value is -1.13. The first-order chi connectivity index (χ1) is 10.2. The van der Waals surface area contributed by atoms with Crippen molar-refractivity contribution < 1.29 is 9.13 Å². The summed E-state index contributed by atoms with van der Waals surface area (Å²) in [6.45, 7) is 4.99. The van der Waals surface area contributed by atoms with E-state index in [0.29, 0.717) is 11.3 Å². The molecule has 1 aromatic rings. The van der Waals surface area contributed by atoms with Gasteiger partial charge in [0.25, 0.3) is 0 Å². The van der Waals surface area contributed by atoms with Crippen LogP contribution in [0.15, 0.2) is 18.2 Å². The second-order valence-electron chi connectivity index (χ2n) is 5.96. The number of nitrogens with one attached hydrogen (secondary N) is 1. The van der Waals surface area contributed by atoms with Crippen molar-refractivity contribution in [2.24, 2.45) is 5.92 Å². The topological polar surface area (TPSA) is 24.5 Å². The lowest BCUT2D eigenvalue weighted by molar-refractivity contribution is 0.292. The lowest BCUT2D eigenvalue weighted by atomic mass is 10.0. The maximum absolute atomic E-state index is 14.2. The van der Waals surface area contributed by atoms with Crippen LogP contribution in [0, 0.1) is 11.7 Å². The zero-order chi connectivity index (χ0) is 15.2. The molecule has 0 saturated heterocycles. The summed E-state index contributed by atoms with van der Waals surface area (Å²) >= 11 is 0. The number of methoxy groups -OCH3 is 1. The van der Waals surface area contributed by atoms with Crippen LogP contribution in [0.2, 0.25) is 0 Å². The van der Waals surface area contributed by atoms with Gasteiger partial charge in [-0.15, -0.1) is 0 Å². The van der Waals surface area contributed by atoms with Crippen LogP contribution in [0.3, 0.4) is 0 Å². The van der Waals surface area contributed by atoms with Crippen LogP contribution < -0.4 is 10.1 Å². The van der Waals surface area contributed by atoms with Gasteiger partial charge in [-0.25, -0.2) is 4.39 Å². The number of rotatable bonds is 9. The molecule has 1 saturated carbocycles. The van der Waals surface area contributed by atoms with Gasteiger partial charge in [0, 0.05) is 18.2 Å². The maximum atomic E-state index is 14.2.